The number of amides is 4. The predicted octanol–water partition coefficient (Wildman–Crippen LogP) is -2.46. The molecule has 2 aromatic rings. The van der Waals surface area contributed by atoms with Crippen molar-refractivity contribution < 1.29 is 73.1 Å². The molecule has 0 saturated carbocycles. The van der Waals surface area contributed by atoms with Crippen molar-refractivity contribution in [1.29, 1.82) is 0 Å². The van der Waals surface area contributed by atoms with Crippen LogP contribution >= 0.6 is 11.5 Å². The smallest absolute Gasteiger partial charge is 0.372 e. The lowest BCUT2D eigenvalue weighted by molar-refractivity contribution is -0.256. The van der Waals surface area contributed by atoms with Gasteiger partial charge in [-0.1, -0.05) is 5.16 Å². The van der Waals surface area contributed by atoms with Gasteiger partial charge in [0.15, 0.2) is 16.6 Å². The average Bonchev–Trinajstić information content (AvgIpc) is 3.80. The lowest BCUT2D eigenvalue weighted by atomic mass is 9.95. The minimum Gasteiger partial charge on any atom is -0.504 e. The molecule has 0 spiro atoms. The van der Waals surface area contributed by atoms with Crippen LogP contribution in [0.4, 0.5) is 5.13 Å². The zero-order valence-electron chi connectivity index (χ0n) is 24.6. The number of hydrogen-bond acceptors (Lipinski definition) is 18. The largest absolute Gasteiger partial charge is 0.504 e. The van der Waals surface area contributed by atoms with Gasteiger partial charge in [-0.05, 0) is 12.1 Å². The highest BCUT2D eigenvalue weighted by Gasteiger charge is 2.65. The molecule has 1 aromatic heterocycles. The summed E-state index contributed by atoms with van der Waals surface area (Å²) in [4.78, 5) is 105. The van der Waals surface area contributed by atoms with Gasteiger partial charge < -0.3 is 45.8 Å². The van der Waals surface area contributed by atoms with Crippen LogP contribution in [0.3, 0.4) is 0 Å². The molecular weight excluding hydrogens is 682 g/mol. The summed E-state index contributed by atoms with van der Waals surface area (Å²) in [6.07, 6.45) is -1.26. The van der Waals surface area contributed by atoms with Gasteiger partial charge in [0.2, 0.25) is 17.1 Å². The first-order chi connectivity index (χ1) is 23.2. The zero-order valence-corrected chi connectivity index (χ0v) is 25.4. The Kier molecular flexibility index (Phi) is 8.04. The minimum absolute atomic E-state index is 0.0198. The van der Waals surface area contributed by atoms with E-state index in [-0.39, 0.29) is 47.4 Å². The molecular formula is C26H23N7O15S. The maximum Gasteiger partial charge on any atom is 0.372 e. The number of carbonyl (C=O) groups is 7. The molecule has 3 atom stereocenters. The van der Waals surface area contributed by atoms with Gasteiger partial charge in [0.25, 0.3) is 23.6 Å². The zero-order chi connectivity index (χ0) is 35.4. The van der Waals surface area contributed by atoms with Crippen molar-refractivity contribution >= 4 is 63.9 Å². The van der Waals surface area contributed by atoms with E-state index in [1.165, 1.54) is 0 Å². The molecule has 0 aliphatic carbocycles. The first-order valence-corrected chi connectivity index (χ1v) is 14.8. The molecule has 3 saturated heterocycles. The average molecular weight is 706 g/mol. The number of carboxylic acids is 2. The summed E-state index contributed by atoms with van der Waals surface area (Å²) in [5.74, 6) is -11.3. The van der Waals surface area contributed by atoms with E-state index in [2.05, 4.69) is 19.8 Å². The Bertz CT molecular complexity index is 1820. The van der Waals surface area contributed by atoms with E-state index in [1.807, 2.05) is 0 Å². The summed E-state index contributed by atoms with van der Waals surface area (Å²) in [6, 6.07) is -1.98. The van der Waals surface area contributed by atoms with Crippen molar-refractivity contribution in [2.75, 3.05) is 25.6 Å². The number of nitrogens with zero attached hydrogens (tertiary/aromatic N) is 5. The Morgan fingerprint density at radius 2 is 1.67 bits per heavy atom. The number of esters is 1. The van der Waals surface area contributed by atoms with E-state index < -0.39 is 101 Å². The summed E-state index contributed by atoms with van der Waals surface area (Å²) in [5.41, 5.74) is -0.645. The van der Waals surface area contributed by atoms with Gasteiger partial charge in [0.05, 0.1) is 30.8 Å². The molecule has 6 rings (SSSR count). The fraction of sp³-hybridized carbons (Fsp3) is 0.385. The van der Waals surface area contributed by atoms with Gasteiger partial charge in [0.1, 0.15) is 18.7 Å². The van der Waals surface area contributed by atoms with E-state index in [1.54, 1.807) is 0 Å². The number of nitrogens with two attached hydrogens (primary N) is 1. The molecule has 3 fully saturated rings. The quantitative estimate of drug-likeness (QED) is 0.0518. The second kappa shape index (κ2) is 11.9. The van der Waals surface area contributed by atoms with Crippen molar-refractivity contribution in [3.05, 3.63) is 29.1 Å². The standard InChI is InChI=1S/C26H23N7O15S/c27-24-29-16(31-49-24)15(30-48-25(22(41)42)1-3-45-4-2-25)17(36)28-11-8-46-33(20(11)39)26(23(43)44)7-12(21(40)47-26)32-18(37)9-5-13(34)14(35)6-10(9)19(32)38/h5-6,11-12,34-35H,1-4,7-8H2,(H,28,36)(H,41,42)(H,43,44)(H2,27,29,31)/b30-15-/t11-,12?,26?/m0/s1. The normalized spacial score (nSPS) is 24.9. The molecule has 4 aliphatic heterocycles. The molecule has 4 aliphatic rings. The Labute approximate surface area is 275 Å². The molecule has 23 heteroatoms. The summed E-state index contributed by atoms with van der Waals surface area (Å²) >= 11 is 0.662. The van der Waals surface area contributed by atoms with Crippen molar-refractivity contribution in [3.8, 4) is 11.5 Å². The molecule has 2 unspecified atom stereocenters. The number of aromatic nitrogens is 2. The van der Waals surface area contributed by atoms with E-state index in [4.69, 9.17) is 24.9 Å². The first kappa shape index (κ1) is 33.0. The highest BCUT2D eigenvalue weighted by Crippen LogP contribution is 2.40. The van der Waals surface area contributed by atoms with Crippen LogP contribution in [0.1, 0.15) is 45.8 Å². The maximum atomic E-state index is 13.5. The number of carboxylic acid groups (broad SMARTS) is 2. The Hall–Kier alpha value is -5.94. The number of rotatable bonds is 9. The third kappa shape index (κ3) is 5.38. The van der Waals surface area contributed by atoms with Crippen LogP contribution in [-0.2, 0) is 43.1 Å². The topological polar surface area (TPSA) is 320 Å². The van der Waals surface area contributed by atoms with Crippen LogP contribution in [0, 0.1) is 0 Å². The fourth-order valence-corrected chi connectivity index (χ4v) is 5.89. The SMILES string of the molecule is Nc1nc(/C(=N/OC2(C(=O)O)CCOCC2)C(=O)N[C@H]2CON(C3(C(=O)O)CC(N4C(=O)c5cc(O)c(O)cc5C4=O)C(=O)O3)C2=O)ns1. The molecule has 0 bridgehead atoms. The van der Waals surface area contributed by atoms with Crippen LogP contribution < -0.4 is 11.1 Å². The van der Waals surface area contributed by atoms with Crippen LogP contribution in [0.15, 0.2) is 17.3 Å². The molecule has 258 valence electrons. The minimum atomic E-state index is -2.93. The van der Waals surface area contributed by atoms with E-state index in [0.29, 0.717) is 16.4 Å². The van der Waals surface area contributed by atoms with Crippen LogP contribution in [0.2, 0.25) is 0 Å². The van der Waals surface area contributed by atoms with Gasteiger partial charge in [-0.25, -0.2) is 14.4 Å². The van der Waals surface area contributed by atoms with Gasteiger partial charge in [-0.2, -0.15) is 14.4 Å². The van der Waals surface area contributed by atoms with E-state index in [0.717, 1.165) is 12.1 Å². The van der Waals surface area contributed by atoms with Crippen molar-refractivity contribution in [2.24, 2.45) is 5.16 Å². The summed E-state index contributed by atoms with van der Waals surface area (Å²) in [7, 11) is 0. The highest BCUT2D eigenvalue weighted by atomic mass is 32.1. The number of nitrogen functional groups attached to an aromatic ring is 1. The molecule has 0 radical (unpaired) electrons. The number of phenolic OH excluding ortho intramolecular Hbond substituents is 2. The summed E-state index contributed by atoms with van der Waals surface area (Å²) < 4.78 is 14.1. The van der Waals surface area contributed by atoms with Crippen LogP contribution in [0.25, 0.3) is 0 Å². The number of hydroxylamine groups is 2. The lowest BCUT2D eigenvalue weighted by Crippen LogP contribution is -2.57. The Morgan fingerprint density at radius 3 is 2.22 bits per heavy atom. The summed E-state index contributed by atoms with van der Waals surface area (Å²) in [5, 5.41) is 45.5. The Morgan fingerprint density at radius 1 is 1.04 bits per heavy atom. The number of carbonyl (C=O) groups excluding carboxylic acids is 5. The number of oxime groups is 1. The number of aromatic hydroxyl groups is 2. The van der Waals surface area contributed by atoms with Crippen molar-refractivity contribution in [3.63, 3.8) is 0 Å². The number of nitrogens with one attached hydrogen (secondary N) is 1. The van der Waals surface area contributed by atoms with Crippen LogP contribution in [0.5, 0.6) is 11.5 Å². The van der Waals surface area contributed by atoms with E-state index in [9.17, 15) is 54.0 Å². The molecule has 7 N–H and O–H groups in total. The Balaban J connectivity index is 1.22. The van der Waals surface area contributed by atoms with Gasteiger partial charge in [0, 0.05) is 24.4 Å². The molecule has 1 aromatic carbocycles. The number of fused-ring (bicyclic) bond motifs is 1. The number of ether oxygens (including phenoxy) is 2. The molecule has 4 amide bonds. The second-order valence-electron chi connectivity index (χ2n) is 11.0. The van der Waals surface area contributed by atoms with Gasteiger partial charge in [-0.3, -0.25) is 28.9 Å². The number of hydrogen-bond donors (Lipinski definition) is 6. The lowest BCUT2D eigenvalue weighted by Gasteiger charge is -2.31. The number of imide groups is 1. The van der Waals surface area contributed by atoms with Gasteiger partial charge in [-0.15, -0.1) is 0 Å². The first-order valence-electron chi connectivity index (χ1n) is 14.0. The highest BCUT2D eigenvalue weighted by molar-refractivity contribution is 7.09. The fourth-order valence-electron chi connectivity index (χ4n) is 5.46. The maximum absolute atomic E-state index is 13.5. The monoisotopic (exact) mass is 705 g/mol. The summed E-state index contributed by atoms with van der Waals surface area (Å²) in [6.45, 7) is -0.678. The third-order valence-electron chi connectivity index (χ3n) is 8.04. The molecule has 49 heavy (non-hydrogen) atoms. The number of anilines is 1. The number of benzene rings is 1. The number of cyclic esters (lactones) is 1. The molecule has 5 heterocycles. The van der Waals surface area contributed by atoms with Crippen molar-refractivity contribution in [2.45, 2.75) is 42.7 Å². The predicted molar refractivity (Wildman–Crippen MR) is 152 cm³/mol. The number of phenols is 2. The van der Waals surface area contributed by atoms with Crippen molar-refractivity contribution in [1.82, 2.24) is 24.6 Å². The van der Waals surface area contributed by atoms with Gasteiger partial charge >= 0.3 is 23.6 Å². The second-order valence-corrected chi connectivity index (χ2v) is 11.7. The number of aliphatic carboxylic acids is 2. The van der Waals surface area contributed by atoms with Crippen LogP contribution in [-0.4, -0.2) is 130 Å². The third-order valence-corrected chi connectivity index (χ3v) is 8.59. The van der Waals surface area contributed by atoms with E-state index >= 15 is 0 Å². The molecule has 22 nitrogen and oxygen atoms in total.